The Labute approximate surface area is 232 Å². The van der Waals surface area contributed by atoms with Gasteiger partial charge in [0.1, 0.15) is 5.82 Å². The maximum absolute atomic E-state index is 13.1. The van der Waals surface area contributed by atoms with Crippen molar-refractivity contribution in [3.05, 3.63) is 93.1 Å². The van der Waals surface area contributed by atoms with E-state index in [1.807, 2.05) is 30.3 Å². The lowest BCUT2D eigenvalue weighted by molar-refractivity contribution is -0.122. The highest BCUT2D eigenvalue weighted by molar-refractivity contribution is 9.10. The number of thioether (sulfide) groups is 1. The maximum atomic E-state index is 13.1. The zero-order valence-electron chi connectivity index (χ0n) is 20.4. The van der Waals surface area contributed by atoms with Crippen LogP contribution in [0.4, 0.5) is 14.9 Å². The number of carbonyl (C=O) groups excluding carboxylic acids is 3. The number of ether oxygens (including phenoxy) is 2. The quantitative estimate of drug-likeness (QED) is 0.276. The number of rotatable bonds is 10. The van der Waals surface area contributed by atoms with Gasteiger partial charge in [-0.1, -0.05) is 30.3 Å². The summed E-state index contributed by atoms with van der Waals surface area (Å²) in [5, 5.41) is 2.32. The summed E-state index contributed by atoms with van der Waals surface area (Å²) >= 11 is 4.33. The first-order valence-corrected chi connectivity index (χ1v) is 13.3. The Morgan fingerprint density at radius 2 is 1.84 bits per heavy atom. The average Bonchev–Trinajstić information content (AvgIpc) is 3.17. The van der Waals surface area contributed by atoms with Crippen molar-refractivity contribution < 1.29 is 28.2 Å². The molecule has 0 aromatic heterocycles. The number of imide groups is 1. The highest BCUT2D eigenvalue weighted by Crippen LogP contribution is 2.39. The topological polar surface area (TPSA) is 84.9 Å². The fourth-order valence-electron chi connectivity index (χ4n) is 3.76. The van der Waals surface area contributed by atoms with Crippen LogP contribution in [0.25, 0.3) is 6.08 Å². The van der Waals surface area contributed by atoms with Gasteiger partial charge in [-0.05, 0) is 94.1 Å². The van der Waals surface area contributed by atoms with Gasteiger partial charge >= 0.3 is 0 Å². The van der Waals surface area contributed by atoms with Gasteiger partial charge < -0.3 is 14.8 Å². The molecule has 0 aliphatic carbocycles. The number of benzene rings is 3. The number of hydrogen-bond acceptors (Lipinski definition) is 6. The van der Waals surface area contributed by atoms with Crippen LogP contribution in [0.15, 0.2) is 76.1 Å². The summed E-state index contributed by atoms with van der Waals surface area (Å²) in [6, 6.07) is 18.7. The summed E-state index contributed by atoms with van der Waals surface area (Å²) in [5.41, 5.74) is 2.21. The van der Waals surface area contributed by atoms with Gasteiger partial charge in [0, 0.05) is 12.2 Å². The second kappa shape index (κ2) is 12.7. The molecule has 0 unspecified atom stereocenters. The van der Waals surface area contributed by atoms with Crippen LogP contribution < -0.4 is 14.8 Å². The van der Waals surface area contributed by atoms with Crippen molar-refractivity contribution in [1.82, 2.24) is 4.90 Å². The molecule has 1 aliphatic heterocycles. The Morgan fingerprint density at radius 1 is 1.11 bits per heavy atom. The molecule has 38 heavy (non-hydrogen) atoms. The van der Waals surface area contributed by atoms with E-state index >= 15 is 0 Å². The molecule has 3 aromatic carbocycles. The van der Waals surface area contributed by atoms with Crippen LogP contribution in [0.1, 0.15) is 17.5 Å². The summed E-state index contributed by atoms with van der Waals surface area (Å²) < 4.78 is 24.6. The van der Waals surface area contributed by atoms with Crippen LogP contribution in [0, 0.1) is 5.82 Å². The summed E-state index contributed by atoms with van der Waals surface area (Å²) in [7, 11) is 1.46. The molecule has 3 amide bonds. The molecule has 0 radical (unpaired) electrons. The molecular formula is C28H24BrFN2O5S. The number of carbonyl (C=O) groups is 3. The summed E-state index contributed by atoms with van der Waals surface area (Å²) in [6.45, 7) is 0.0320. The molecule has 1 saturated heterocycles. The predicted molar refractivity (Wildman–Crippen MR) is 149 cm³/mol. The second-order valence-electron chi connectivity index (χ2n) is 8.30. The lowest BCUT2D eigenvalue weighted by Crippen LogP contribution is -2.29. The predicted octanol–water partition coefficient (Wildman–Crippen LogP) is 6.28. The van der Waals surface area contributed by atoms with E-state index in [1.165, 1.54) is 36.3 Å². The van der Waals surface area contributed by atoms with Gasteiger partial charge in [-0.2, -0.15) is 0 Å². The smallest absolute Gasteiger partial charge is 0.293 e. The fraction of sp³-hybridized carbons (Fsp3) is 0.179. The lowest BCUT2D eigenvalue weighted by Gasteiger charge is -2.14. The minimum Gasteiger partial charge on any atom is -0.493 e. The second-order valence-corrected chi connectivity index (χ2v) is 10.1. The standard InChI is InChI=1S/C28H24BrFN2O5S/c1-36-23-15-19(14-22(29)26(23)37-17-25(33)31-21-11-9-20(30)10-12-21)16-24-27(34)32(28(35)38-24)13-5-8-18-6-3-2-4-7-18/h2-4,6-7,9-12,14-16H,5,8,13,17H2,1H3,(H,31,33)/b24-16+. The van der Waals surface area contributed by atoms with Crippen molar-refractivity contribution >= 4 is 56.5 Å². The Bertz CT molecular complexity index is 1370. The molecule has 1 fully saturated rings. The molecule has 1 N–H and O–H groups in total. The Hall–Kier alpha value is -3.63. The number of anilines is 1. The molecule has 7 nitrogen and oxygen atoms in total. The zero-order chi connectivity index (χ0) is 27.1. The molecule has 0 atom stereocenters. The van der Waals surface area contributed by atoms with Gasteiger partial charge in [-0.15, -0.1) is 0 Å². The van der Waals surface area contributed by atoms with Crippen molar-refractivity contribution in [3.63, 3.8) is 0 Å². The monoisotopic (exact) mass is 598 g/mol. The number of amides is 3. The van der Waals surface area contributed by atoms with E-state index in [9.17, 15) is 18.8 Å². The first kappa shape index (κ1) is 27.4. The first-order valence-electron chi connectivity index (χ1n) is 11.7. The Morgan fingerprint density at radius 3 is 2.55 bits per heavy atom. The maximum Gasteiger partial charge on any atom is 0.293 e. The number of methoxy groups -OCH3 is 1. The largest absolute Gasteiger partial charge is 0.493 e. The van der Waals surface area contributed by atoms with Crippen LogP contribution >= 0.6 is 27.7 Å². The normalized spacial score (nSPS) is 14.2. The van der Waals surface area contributed by atoms with Crippen LogP contribution in [0.3, 0.4) is 0 Å². The van der Waals surface area contributed by atoms with Crippen molar-refractivity contribution in [2.75, 3.05) is 25.6 Å². The number of nitrogens with one attached hydrogen (secondary N) is 1. The zero-order valence-corrected chi connectivity index (χ0v) is 22.8. The number of nitrogens with zero attached hydrogens (tertiary/aromatic N) is 1. The van der Waals surface area contributed by atoms with Crippen LogP contribution in [0.2, 0.25) is 0 Å². The van der Waals surface area contributed by atoms with Gasteiger partial charge in [0.05, 0.1) is 16.5 Å². The lowest BCUT2D eigenvalue weighted by atomic mass is 10.1. The number of aryl methyl sites for hydroxylation is 1. The minimum atomic E-state index is -0.435. The molecule has 3 aromatic rings. The van der Waals surface area contributed by atoms with Crippen molar-refractivity contribution in [1.29, 1.82) is 0 Å². The van der Waals surface area contributed by atoms with Gasteiger partial charge in [0.25, 0.3) is 17.1 Å². The van der Waals surface area contributed by atoms with Crippen molar-refractivity contribution in [2.24, 2.45) is 0 Å². The summed E-state index contributed by atoms with van der Waals surface area (Å²) in [5.74, 6) is -0.535. The Kier molecular flexibility index (Phi) is 9.19. The van der Waals surface area contributed by atoms with Crippen LogP contribution in [-0.4, -0.2) is 42.2 Å². The van der Waals surface area contributed by atoms with E-state index in [0.29, 0.717) is 45.1 Å². The van der Waals surface area contributed by atoms with E-state index in [-0.39, 0.29) is 17.8 Å². The third-order valence-corrected chi connectivity index (χ3v) is 7.09. The SMILES string of the molecule is COc1cc(/C=C2/SC(=O)N(CCCc3ccccc3)C2=O)cc(Br)c1OCC(=O)Nc1ccc(F)cc1. The molecule has 1 aliphatic rings. The third-order valence-electron chi connectivity index (χ3n) is 5.59. The van der Waals surface area contributed by atoms with Crippen molar-refractivity contribution in [3.8, 4) is 11.5 Å². The minimum absolute atomic E-state index is 0.299. The first-order chi connectivity index (χ1) is 18.3. The molecule has 0 bridgehead atoms. The fourth-order valence-corrected chi connectivity index (χ4v) is 5.20. The van der Waals surface area contributed by atoms with Gasteiger partial charge in [-0.3, -0.25) is 19.3 Å². The highest BCUT2D eigenvalue weighted by atomic mass is 79.9. The average molecular weight is 599 g/mol. The third kappa shape index (κ3) is 7.02. The molecule has 1 heterocycles. The highest BCUT2D eigenvalue weighted by Gasteiger charge is 2.34. The van der Waals surface area contributed by atoms with Gasteiger partial charge in [-0.25, -0.2) is 4.39 Å². The molecule has 10 heteroatoms. The van der Waals surface area contributed by atoms with Crippen LogP contribution in [-0.2, 0) is 16.0 Å². The van der Waals surface area contributed by atoms with E-state index < -0.39 is 11.7 Å². The molecule has 0 saturated carbocycles. The van der Waals surface area contributed by atoms with Gasteiger partial charge in [0.15, 0.2) is 18.1 Å². The number of hydrogen-bond donors (Lipinski definition) is 1. The Balaban J connectivity index is 1.39. The van der Waals surface area contributed by atoms with Gasteiger partial charge in [0.2, 0.25) is 0 Å². The molecular weight excluding hydrogens is 575 g/mol. The molecule has 4 rings (SSSR count). The van der Waals surface area contributed by atoms with E-state index in [0.717, 1.165) is 23.7 Å². The molecule has 0 spiro atoms. The van der Waals surface area contributed by atoms with Crippen molar-refractivity contribution in [2.45, 2.75) is 12.8 Å². The van der Waals surface area contributed by atoms with E-state index in [1.54, 1.807) is 18.2 Å². The van der Waals surface area contributed by atoms with E-state index in [4.69, 9.17) is 9.47 Å². The van der Waals surface area contributed by atoms with E-state index in [2.05, 4.69) is 21.2 Å². The van der Waals surface area contributed by atoms with Crippen LogP contribution in [0.5, 0.6) is 11.5 Å². The molecule has 196 valence electrons. The summed E-state index contributed by atoms with van der Waals surface area (Å²) in [4.78, 5) is 39.2. The number of halogens is 2. The summed E-state index contributed by atoms with van der Waals surface area (Å²) in [6.07, 6.45) is 3.07.